The summed E-state index contributed by atoms with van der Waals surface area (Å²) in [7, 11) is -2.01. The minimum atomic E-state index is -3.56. The molecule has 1 fully saturated rings. The van der Waals surface area contributed by atoms with Gasteiger partial charge in [0.2, 0.25) is 10.0 Å². The van der Waals surface area contributed by atoms with E-state index in [2.05, 4.69) is 10.3 Å². The van der Waals surface area contributed by atoms with E-state index in [-0.39, 0.29) is 10.8 Å². The molecule has 1 saturated heterocycles. The maximum absolute atomic E-state index is 13.0. The van der Waals surface area contributed by atoms with Crippen molar-refractivity contribution >= 4 is 32.4 Å². The highest BCUT2D eigenvalue weighted by atomic mass is 32.2. The van der Waals surface area contributed by atoms with Gasteiger partial charge >= 0.3 is 0 Å². The number of morpholine rings is 1. The van der Waals surface area contributed by atoms with Crippen LogP contribution in [0.15, 0.2) is 58.8 Å². The van der Waals surface area contributed by atoms with Gasteiger partial charge in [-0.3, -0.25) is 10.1 Å². The van der Waals surface area contributed by atoms with Gasteiger partial charge in [-0.25, -0.2) is 13.4 Å². The lowest BCUT2D eigenvalue weighted by Crippen LogP contribution is -2.40. The molecule has 11 heteroatoms. The average Bonchev–Trinajstić information content (AvgIpc) is 3.37. The molecule has 1 unspecified atom stereocenters. The largest absolute Gasteiger partial charge is 0.493 e. The first-order valence-electron chi connectivity index (χ1n) is 11.7. The number of hydrogen-bond acceptors (Lipinski definition) is 8. The molecule has 36 heavy (non-hydrogen) atoms. The van der Waals surface area contributed by atoms with Gasteiger partial charge in [-0.05, 0) is 30.7 Å². The van der Waals surface area contributed by atoms with Gasteiger partial charge in [0.05, 0.1) is 30.9 Å². The molecule has 1 N–H and O–H groups in total. The third-order valence-corrected chi connectivity index (χ3v) is 8.34. The minimum absolute atomic E-state index is 0.229. The number of hydrogen-bond donors (Lipinski definition) is 1. The van der Waals surface area contributed by atoms with Crippen LogP contribution in [0.3, 0.4) is 0 Å². The Morgan fingerprint density at radius 2 is 1.83 bits per heavy atom. The van der Waals surface area contributed by atoms with Crippen molar-refractivity contribution < 1.29 is 27.4 Å². The number of carbonyl (C=O) groups is 1. The number of benzene rings is 2. The molecule has 0 spiro atoms. The molecular formula is C25H29N3O6S2. The molecule has 0 bridgehead atoms. The first-order valence-corrected chi connectivity index (χ1v) is 14.0. The summed E-state index contributed by atoms with van der Waals surface area (Å²) in [6.07, 6.45) is 0.584. The fourth-order valence-corrected chi connectivity index (χ4v) is 5.89. The summed E-state index contributed by atoms with van der Waals surface area (Å²) in [6, 6.07) is 13.8. The summed E-state index contributed by atoms with van der Waals surface area (Å²) in [6.45, 7) is 3.47. The van der Waals surface area contributed by atoms with E-state index in [0.717, 1.165) is 12.0 Å². The topological polar surface area (TPSA) is 107 Å². The van der Waals surface area contributed by atoms with Gasteiger partial charge in [-0.2, -0.15) is 4.31 Å². The van der Waals surface area contributed by atoms with Crippen molar-refractivity contribution in [2.75, 3.05) is 38.7 Å². The molecule has 3 aromatic rings. The van der Waals surface area contributed by atoms with Crippen molar-refractivity contribution in [1.82, 2.24) is 9.29 Å². The van der Waals surface area contributed by atoms with Gasteiger partial charge in [0.1, 0.15) is 0 Å². The Kier molecular flexibility index (Phi) is 8.57. The third-order valence-electron chi connectivity index (χ3n) is 5.67. The number of methoxy groups -OCH3 is 1. The Bertz CT molecular complexity index is 1270. The number of thiazole rings is 1. The lowest BCUT2D eigenvalue weighted by Gasteiger charge is -2.26. The zero-order chi connectivity index (χ0) is 25.5. The average molecular weight is 532 g/mol. The molecule has 0 radical (unpaired) electrons. The summed E-state index contributed by atoms with van der Waals surface area (Å²) in [4.78, 5) is 17.7. The molecule has 1 atom stereocenters. The Hall–Kier alpha value is -2.99. The van der Waals surface area contributed by atoms with Crippen LogP contribution >= 0.6 is 11.3 Å². The summed E-state index contributed by atoms with van der Waals surface area (Å²) < 4.78 is 43.7. The van der Waals surface area contributed by atoms with E-state index in [0.29, 0.717) is 55.0 Å². The maximum atomic E-state index is 13.0. The second-order valence-electron chi connectivity index (χ2n) is 8.11. The van der Waals surface area contributed by atoms with Crippen LogP contribution < -0.4 is 14.8 Å². The van der Waals surface area contributed by atoms with Gasteiger partial charge in [-0.15, -0.1) is 11.3 Å². The predicted octanol–water partition coefficient (Wildman–Crippen LogP) is 4.03. The molecule has 4 rings (SSSR count). The number of carbonyl (C=O) groups excluding carboxylic acids is 1. The summed E-state index contributed by atoms with van der Waals surface area (Å²) in [5.74, 6) is 0.762. The number of nitrogens with zero attached hydrogens (tertiary/aromatic N) is 2. The normalized spacial score (nSPS) is 15.3. The van der Waals surface area contributed by atoms with Gasteiger partial charge < -0.3 is 14.2 Å². The van der Waals surface area contributed by atoms with Crippen molar-refractivity contribution in [1.29, 1.82) is 0 Å². The molecule has 1 aliphatic heterocycles. The van der Waals surface area contributed by atoms with Crippen molar-refractivity contribution in [2.45, 2.75) is 30.8 Å². The Morgan fingerprint density at radius 3 is 2.50 bits per heavy atom. The van der Waals surface area contributed by atoms with E-state index in [1.54, 1.807) is 43.5 Å². The third kappa shape index (κ3) is 6.04. The molecule has 1 amide bonds. The fraction of sp³-hybridized carbons (Fsp3) is 0.360. The first kappa shape index (κ1) is 26.1. The lowest BCUT2D eigenvalue weighted by atomic mass is 10.2. The molecule has 1 aliphatic rings. The van der Waals surface area contributed by atoms with E-state index < -0.39 is 16.1 Å². The van der Waals surface area contributed by atoms with Crippen molar-refractivity contribution in [3.8, 4) is 22.8 Å². The van der Waals surface area contributed by atoms with E-state index in [1.807, 2.05) is 24.4 Å². The van der Waals surface area contributed by atoms with Crippen LogP contribution in [-0.4, -0.2) is 63.1 Å². The molecule has 0 aliphatic carbocycles. The first-order chi connectivity index (χ1) is 17.4. The molecule has 0 saturated carbocycles. The minimum Gasteiger partial charge on any atom is -0.493 e. The molecule has 1 aromatic heterocycles. The number of sulfonamides is 1. The van der Waals surface area contributed by atoms with E-state index in [1.165, 1.54) is 15.6 Å². The highest BCUT2D eigenvalue weighted by Gasteiger charge is 2.26. The fourth-order valence-electron chi connectivity index (χ4n) is 3.76. The number of ether oxygens (including phenoxy) is 3. The quantitative estimate of drug-likeness (QED) is 0.421. The van der Waals surface area contributed by atoms with Gasteiger partial charge in [0.15, 0.2) is 22.7 Å². The van der Waals surface area contributed by atoms with Gasteiger partial charge in [0.25, 0.3) is 5.91 Å². The molecule has 2 aromatic carbocycles. The van der Waals surface area contributed by atoms with Crippen LogP contribution in [0.25, 0.3) is 11.3 Å². The lowest BCUT2D eigenvalue weighted by molar-refractivity contribution is -0.123. The van der Waals surface area contributed by atoms with Crippen LogP contribution in [0.5, 0.6) is 11.5 Å². The van der Waals surface area contributed by atoms with Crippen molar-refractivity contribution in [3.63, 3.8) is 0 Å². The smallest absolute Gasteiger partial charge is 0.267 e. The second-order valence-corrected chi connectivity index (χ2v) is 10.9. The Labute approximate surface area is 215 Å². The van der Waals surface area contributed by atoms with Crippen LogP contribution in [-0.2, 0) is 19.6 Å². The predicted molar refractivity (Wildman–Crippen MR) is 138 cm³/mol. The Morgan fingerprint density at radius 1 is 1.14 bits per heavy atom. The van der Waals surface area contributed by atoms with Crippen LogP contribution in [0.1, 0.15) is 19.8 Å². The highest BCUT2D eigenvalue weighted by Crippen LogP contribution is 2.29. The van der Waals surface area contributed by atoms with E-state index in [9.17, 15) is 13.2 Å². The SMILES string of the molecule is CCCC(Oc1ccccc1OC)C(=O)Nc1nc(-c2ccc(S(=O)(=O)N3CCOCC3)cc2)cs1. The van der Waals surface area contributed by atoms with Crippen LogP contribution in [0.4, 0.5) is 5.13 Å². The van der Waals surface area contributed by atoms with Gasteiger partial charge in [0, 0.05) is 24.0 Å². The Balaban J connectivity index is 1.44. The number of aromatic nitrogens is 1. The van der Waals surface area contributed by atoms with E-state index >= 15 is 0 Å². The summed E-state index contributed by atoms with van der Waals surface area (Å²) in [5.41, 5.74) is 1.39. The highest BCUT2D eigenvalue weighted by molar-refractivity contribution is 7.89. The van der Waals surface area contributed by atoms with Crippen LogP contribution in [0, 0.1) is 0 Å². The summed E-state index contributed by atoms with van der Waals surface area (Å²) >= 11 is 1.29. The van der Waals surface area contributed by atoms with Crippen molar-refractivity contribution in [3.05, 3.63) is 53.9 Å². The standard InChI is InChI=1S/C25H29N3O6S2/c1-3-6-23(34-22-8-5-4-7-21(22)32-2)24(29)27-25-26-20(17-35-25)18-9-11-19(12-10-18)36(30,31)28-13-15-33-16-14-28/h4-5,7-12,17,23H,3,6,13-16H2,1-2H3,(H,26,27,29). The number of anilines is 1. The summed E-state index contributed by atoms with van der Waals surface area (Å²) in [5, 5.41) is 5.09. The zero-order valence-electron chi connectivity index (χ0n) is 20.2. The molecule has 9 nitrogen and oxygen atoms in total. The van der Waals surface area contributed by atoms with Crippen LogP contribution in [0.2, 0.25) is 0 Å². The van der Waals surface area contributed by atoms with E-state index in [4.69, 9.17) is 14.2 Å². The molecule has 2 heterocycles. The molecule has 192 valence electrons. The number of rotatable bonds is 10. The van der Waals surface area contributed by atoms with Crippen molar-refractivity contribution in [2.24, 2.45) is 0 Å². The number of para-hydroxylation sites is 2. The second kappa shape index (κ2) is 11.8. The zero-order valence-corrected chi connectivity index (χ0v) is 21.8. The molecular weight excluding hydrogens is 502 g/mol. The van der Waals surface area contributed by atoms with Gasteiger partial charge in [-0.1, -0.05) is 37.6 Å². The maximum Gasteiger partial charge on any atom is 0.267 e. The number of nitrogens with one attached hydrogen (secondary N) is 1. The monoisotopic (exact) mass is 531 g/mol. The number of amides is 1.